The third kappa shape index (κ3) is 15.3. The number of nitrogens with zero attached hydrogens (tertiary/aromatic N) is 1. The largest absolute Gasteiger partial charge is 0.496 e. The fraction of sp³-hybridized carbons (Fsp3) is 0.733. The first kappa shape index (κ1) is 34.5. The lowest BCUT2D eigenvalue weighted by Gasteiger charge is -2.22. The van der Waals surface area contributed by atoms with Crippen LogP contribution in [0.4, 0.5) is 5.69 Å². The fourth-order valence-corrected chi connectivity index (χ4v) is 3.06. The molecule has 0 unspecified atom stereocenters. The van der Waals surface area contributed by atoms with Crippen molar-refractivity contribution >= 4 is 17.2 Å². The van der Waals surface area contributed by atoms with Crippen LogP contribution in [0, 0.1) is 18.3 Å². The van der Waals surface area contributed by atoms with Crippen LogP contribution in [0.2, 0.25) is 0 Å². The van der Waals surface area contributed by atoms with Crippen molar-refractivity contribution in [1.29, 1.82) is 0 Å². The molecular formula is C30H55NO3. The maximum atomic E-state index is 10.8. The molecule has 0 heterocycles. The molecule has 0 amide bonds. The molecule has 1 aliphatic rings. The molecule has 4 nitrogen and oxygen atoms in total. The summed E-state index contributed by atoms with van der Waals surface area (Å²) in [6, 6.07) is 3.84. The van der Waals surface area contributed by atoms with Gasteiger partial charge in [-0.05, 0) is 57.1 Å². The highest BCUT2D eigenvalue weighted by Crippen LogP contribution is 2.35. The smallest absolute Gasteiger partial charge is 0.133 e. The zero-order chi connectivity index (χ0) is 27.1. The van der Waals surface area contributed by atoms with Crippen LogP contribution in [-0.4, -0.2) is 23.7 Å². The van der Waals surface area contributed by atoms with Crippen molar-refractivity contribution in [1.82, 2.24) is 0 Å². The van der Waals surface area contributed by atoms with Crippen molar-refractivity contribution in [2.45, 2.75) is 127 Å². The molecule has 34 heavy (non-hydrogen) atoms. The number of ketones is 1. The van der Waals surface area contributed by atoms with E-state index in [4.69, 9.17) is 4.74 Å². The Labute approximate surface area is 211 Å². The van der Waals surface area contributed by atoms with Gasteiger partial charge in [0.25, 0.3) is 0 Å². The van der Waals surface area contributed by atoms with Crippen LogP contribution < -0.4 is 4.74 Å². The number of benzene rings is 1. The van der Waals surface area contributed by atoms with Crippen molar-refractivity contribution in [3.8, 4) is 5.75 Å². The van der Waals surface area contributed by atoms with Crippen LogP contribution in [0.15, 0.2) is 17.1 Å². The average Bonchev–Trinajstić information content (AvgIpc) is 2.73. The number of Topliss-reactive ketones (excluding diaryl/α,β-unsaturated/α-hetero) is 1. The van der Waals surface area contributed by atoms with Crippen LogP contribution >= 0.6 is 0 Å². The van der Waals surface area contributed by atoms with E-state index in [9.17, 15) is 9.90 Å². The van der Waals surface area contributed by atoms with Crippen LogP contribution in [-0.2, 0) is 10.4 Å². The van der Waals surface area contributed by atoms with E-state index in [1.54, 1.807) is 21.0 Å². The summed E-state index contributed by atoms with van der Waals surface area (Å²) in [5, 5.41) is 10.1. The van der Waals surface area contributed by atoms with Crippen LogP contribution in [0.25, 0.3) is 0 Å². The number of carbonyl (C=O) groups excluding carboxylic acids is 1. The Morgan fingerprint density at radius 2 is 1.59 bits per heavy atom. The predicted octanol–water partition coefficient (Wildman–Crippen LogP) is 8.97. The zero-order valence-electron chi connectivity index (χ0n) is 24.7. The topological polar surface area (TPSA) is 58.9 Å². The molecule has 4 heteroatoms. The number of rotatable bonds is 6. The molecule has 0 bridgehead atoms. The van der Waals surface area contributed by atoms with Gasteiger partial charge in [-0.15, -0.1) is 0 Å². The monoisotopic (exact) mass is 477 g/mol. The van der Waals surface area contributed by atoms with Gasteiger partial charge in [0.2, 0.25) is 0 Å². The highest BCUT2D eigenvalue weighted by Gasteiger charge is 2.22. The summed E-state index contributed by atoms with van der Waals surface area (Å²) in [5.74, 6) is 2.10. The van der Waals surface area contributed by atoms with Gasteiger partial charge in [-0.1, -0.05) is 74.7 Å². The molecule has 0 atom stereocenters. The Kier molecular flexibility index (Phi) is 17.1. The Morgan fingerprint density at radius 3 is 1.85 bits per heavy atom. The van der Waals surface area contributed by atoms with Crippen LogP contribution in [0.3, 0.4) is 0 Å². The molecule has 198 valence electrons. The Balaban J connectivity index is 0. The second-order valence-electron chi connectivity index (χ2n) is 10.8. The molecule has 0 radical (unpaired) electrons. The number of aliphatic hydroxyl groups is 1. The Bertz CT molecular complexity index is 733. The molecule has 1 N–H and O–H groups in total. The number of ether oxygens (including phenoxy) is 1. The first-order valence-corrected chi connectivity index (χ1v) is 13.1. The molecule has 1 saturated carbocycles. The van der Waals surface area contributed by atoms with Gasteiger partial charge in [0.05, 0.1) is 18.4 Å². The third-order valence-electron chi connectivity index (χ3n) is 5.52. The van der Waals surface area contributed by atoms with E-state index in [1.165, 1.54) is 19.3 Å². The van der Waals surface area contributed by atoms with Gasteiger partial charge in [-0.25, -0.2) is 0 Å². The molecule has 0 aliphatic heterocycles. The van der Waals surface area contributed by atoms with Gasteiger partial charge < -0.3 is 9.84 Å². The number of aryl methyl sites for hydroxylation is 1. The zero-order valence-corrected chi connectivity index (χ0v) is 24.7. The van der Waals surface area contributed by atoms with Crippen molar-refractivity contribution < 1.29 is 14.6 Å². The maximum Gasteiger partial charge on any atom is 0.133 e. The Hall–Kier alpha value is -1.68. The van der Waals surface area contributed by atoms with E-state index >= 15 is 0 Å². The van der Waals surface area contributed by atoms with E-state index in [1.807, 2.05) is 46.8 Å². The molecule has 1 aliphatic carbocycles. The summed E-state index contributed by atoms with van der Waals surface area (Å²) in [7, 11) is 1.61. The van der Waals surface area contributed by atoms with E-state index in [0.717, 1.165) is 34.9 Å². The summed E-state index contributed by atoms with van der Waals surface area (Å²) in [5.41, 5.74) is 3.07. The van der Waals surface area contributed by atoms with Crippen molar-refractivity contribution in [2.24, 2.45) is 16.3 Å². The highest BCUT2D eigenvalue weighted by atomic mass is 16.5. The fourth-order valence-electron chi connectivity index (χ4n) is 3.06. The molecule has 0 spiro atoms. The normalized spacial score (nSPS) is 13.8. The highest BCUT2D eigenvalue weighted by molar-refractivity contribution is 5.85. The average molecular weight is 478 g/mol. The molecule has 1 aromatic carbocycles. The van der Waals surface area contributed by atoms with Gasteiger partial charge in [0.15, 0.2) is 0 Å². The predicted molar refractivity (Wildman–Crippen MR) is 150 cm³/mol. The standard InChI is InChI=1S/C15H23NO2.C8H16O.C5H10.C2H6/c1-7-11(3)16-13-9-14(18-6)12(8-10(13)2)15(4,5)17;1-5-7(9)6-8(2,3)4;1-5-3-2-4-5;1-2/h8-9,17H,7H2,1-6H3;5-6H2,1-4H3;5H,2-4H2,1H3;1-2H3. The van der Waals surface area contributed by atoms with Crippen molar-refractivity contribution in [2.75, 3.05) is 7.11 Å². The minimum absolute atomic E-state index is 0.174. The Morgan fingerprint density at radius 1 is 1.09 bits per heavy atom. The van der Waals surface area contributed by atoms with Gasteiger partial charge in [-0.2, -0.15) is 0 Å². The van der Waals surface area contributed by atoms with Gasteiger partial charge in [0.1, 0.15) is 11.5 Å². The van der Waals surface area contributed by atoms with Gasteiger partial charge in [-0.3, -0.25) is 9.79 Å². The summed E-state index contributed by atoms with van der Waals surface area (Å²) in [6.07, 6.45) is 6.77. The summed E-state index contributed by atoms with van der Waals surface area (Å²) >= 11 is 0. The first-order valence-electron chi connectivity index (χ1n) is 13.1. The summed E-state index contributed by atoms with van der Waals surface area (Å²) < 4.78 is 5.35. The van der Waals surface area contributed by atoms with E-state index < -0.39 is 5.60 Å². The van der Waals surface area contributed by atoms with Gasteiger partial charge >= 0.3 is 0 Å². The molecule has 1 fully saturated rings. The minimum atomic E-state index is -0.919. The summed E-state index contributed by atoms with van der Waals surface area (Å²) in [4.78, 5) is 15.4. The lowest BCUT2D eigenvalue weighted by atomic mass is 9.88. The van der Waals surface area contributed by atoms with Crippen molar-refractivity contribution in [3.05, 3.63) is 23.3 Å². The van der Waals surface area contributed by atoms with E-state index in [2.05, 4.69) is 39.6 Å². The number of hydrogen-bond acceptors (Lipinski definition) is 4. The molecule has 0 saturated heterocycles. The maximum absolute atomic E-state index is 10.8. The van der Waals surface area contributed by atoms with Crippen molar-refractivity contribution in [3.63, 3.8) is 0 Å². The lowest BCUT2D eigenvalue weighted by molar-refractivity contribution is -0.120. The number of aliphatic imine (C=N–C) groups is 1. The molecule has 1 aromatic rings. The SMILES string of the molecule is CC.CC1CCC1.CCC(=O)CC(C)(C)C.CCC(C)=Nc1cc(OC)c(C(C)(C)O)cc1C. The number of hydrogen-bond donors (Lipinski definition) is 1. The quantitative estimate of drug-likeness (QED) is 0.416. The van der Waals surface area contributed by atoms with E-state index in [0.29, 0.717) is 24.4 Å². The lowest BCUT2D eigenvalue weighted by Crippen LogP contribution is -2.17. The second-order valence-corrected chi connectivity index (χ2v) is 10.8. The van der Waals surface area contributed by atoms with Crippen LogP contribution in [0.5, 0.6) is 5.75 Å². The number of carbonyl (C=O) groups is 1. The third-order valence-corrected chi connectivity index (χ3v) is 5.52. The minimum Gasteiger partial charge on any atom is -0.496 e. The molecular weight excluding hydrogens is 422 g/mol. The second kappa shape index (κ2) is 16.9. The van der Waals surface area contributed by atoms with Crippen LogP contribution in [0.1, 0.15) is 126 Å². The van der Waals surface area contributed by atoms with E-state index in [-0.39, 0.29) is 5.41 Å². The molecule has 0 aromatic heterocycles. The molecule has 2 rings (SSSR count). The number of methoxy groups -OCH3 is 1. The summed E-state index contributed by atoms with van der Waals surface area (Å²) in [6.45, 7) is 24.1. The first-order chi connectivity index (χ1) is 15.6. The van der Waals surface area contributed by atoms with Gasteiger partial charge in [0, 0.05) is 30.2 Å².